The maximum Gasteiger partial charge on any atom is 0.303 e. The van der Waals surface area contributed by atoms with Gasteiger partial charge >= 0.3 is 17.3 Å². The molecule has 0 aliphatic heterocycles. The number of carbonyl (C=O) groups excluding carboxylic acids is 1. The van der Waals surface area contributed by atoms with Crippen LogP contribution in [0.5, 0.6) is 0 Å². The van der Waals surface area contributed by atoms with Crippen LogP contribution in [0.15, 0.2) is 72.9 Å². The molecule has 2 aromatic carbocycles. The average molecular weight is 498 g/mol. The second kappa shape index (κ2) is 13.3. The molecule has 2 atom stereocenters. The summed E-state index contributed by atoms with van der Waals surface area (Å²) in [6.07, 6.45) is 2.50. The predicted molar refractivity (Wildman–Crippen MR) is 133 cm³/mol. The second-order valence-electron chi connectivity index (χ2n) is 7.86. The molecule has 1 heterocycles. The molecule has 1 unspecified atom stereocenters. The first-order valence-electron chi connectivity index (χ1n) is 11.0. The van der Waals surface area contributed by atoms with Crippen molar-refractivity contribution in [2.24, 2.45) is 5.92 Å². The lowest BCUT2D eigenvalue weighted by molar-refractivity contribution is -0.138. The van der Waals surface area contributed by atoms with Gasteiger partial charge in [-0.3, -0.25) is 14.1 Å². The van der Waals surface area contributed by atoms with E-state index in [0.29, 0.717) is 30.8 Å². The van der Waals surface area contributed by atoms with Crippen LogP contribution in [0.3, 0.4) is 0 Å². The summed E-state index contributed by atoms with van der Waals surface area (Å²) in [6.45, 7) is 0.122. The number of anilines is 1. The Labute approximate surface area is 206 Å². The van der Waals surface area contributed by atoms with Crippen molar-refractivity contribution in [1.82, 2.24) is 10.3 Å². The smallest absolute Gasteiger partial charge is 0.303 e. The normalized spacial score (nSPS) is 12.5. The Kier molecular flexibility index (Phi) is 9.91. The molecule has 184 valence electrons. The standard InChI is InChI=1S/C25H27N3O6S/c29-24(30)15-19(14-18-6-8-21(9-7-18)20-4-2-1-3-5-20)12-13-26-25(31)22-10-11-23(27-16-22)28-17-34-35(32)33/h1-11,16,19H,12-15,17H2,(H,26,31)(H,27,28)(H,29,30)(H,32,33)/t19-/m0/s1. The molecule has 0 bridgehead atoms. The van der Waals surface area contributed by atoms with Gasteiger partial charge in [0.15, 0.2) is 0 Å². The highest BCUT2D eigenvalue weighted by Crippen LogP contribution is 2.22. The van der Waals surface area contributed by atoms with E-state index in [1.54, 1.807) is 12.1 Å². The monoisotopic (exact) mass is 497 g/mol. The molecule has 3 aromatic rings. The molecule has 3 rings (SSSR count). The lowest BCUT2D eigenvalue weighted by Crippen LogP contribution is -2.27. The van der Waals surface area contributed by atoms with Gasteiger partial charge in [0.2, 0.25) is 0 Å². The molecule has 35 heavy (non-hydrogen) atoms. The minimum absolute atomic E-state index is 0.0128. The average Bonchev–Trinajstić information content (AvgIpc) is 2.85. The highest BCUT2D eigenvalue weighted by atomic mass is 32.2. The zero-order valence-electron chi connectivity index (χ0n) is 18.9. The number of nitrogens with one attached hydrogen (secondary N) is 2. The lowest BCUT2D eigenvalue weighted by atomic mass is 9.92. The van der Waals surface area contributed by atoms with E-state index in [1.165, 1.54) is 6.20 Å². The number of hydrogen-bond donors (Lipinski definition) is 4. The first kappa shape index (κ1) is 26.0. The Hall–Kier alpha value is -3.60. The Morgan fingerprint density at radius 1 is 1.00 bits per heavy atom. The fourth-order valence-electron chi connectivity index (χ4n) is 3.60. The molecule has 4 N–H and O–H groups in total. The molecule has 0 aliphatic carbocycles. The van der Waals surface area contributed by atoms with E-state index in [0.717, 1.165) is 16.7 Å². The van der Waals surface area contributed by atoms with Gasteiger partial charge in [-0.25, -0.2) is 9.17 Å². The highest BCUT2D eigenvalue weighted by Gasteiger charge is 2.15. The van der Waals surface area contributed by atoms with E-state index in [9.17, 15) is 18.9 Å². The summed E-state index contributed by atoms with van der Waals surface area (Å²) in [4.78, 5) is 27.8. The number of nitrogens with zero attached hydrogens (tertiary/aromatic N) is 1. The van der Waals surface area contributed by atoms with Gasteiger partial charge in [0.1, 0.15) is 12.5 Å². The Morgan fingerprint density at radius 3 is 2.34 bits per heavy atom. The van der Waals surface area contributed by atoms with Gasteiger partial charge in [0.05, 0.1) is 5.56 Å². The van der Waals surface area contributed by atoms with Gasteiger partial charge in [0, 0.05) is 19.2 Å². The van der Waals surface area contributed by atoms with Crippen molar-refractivity contribution in [1.29, 1.82) is 0 Å². The van der Waals surface area contributed by atoms with E-state index in [4.69, 9.17) is 4.55 Å². The van der Waals surface area contributed by atoms with Gasteiger partial charge < -0.3 is 15.7 Å². The molecule has 10 heteroatoms. The molecular weight excluding hydrogens is 470 g/mol. The molecule has 0 fully saturated rings. The number of aromatic nitrogens is 1. The zero-order valence-corrected chi connectivity index (χ0v) is 19.7. The molecule has 0 saturated heterocycles. The van der Waals surface area contributed by atoms with Gasteiger partial charge in [-0.2, -0.15) is 4.21 Å². The number of carboxylic acid groups (broad SMARTS) is 1. The molecule has 0 saturated carbocycles. The van der Waals surface area contributed by atoms with Crippen LogP contribution >= 0.6 is 0 Å². The third-order valence-corrected chi connectivity index (χ3v) is 5.65. The van der Waals surface area contributed by atoms with E-state index in [-0.39, 0.29) is 25.0 Å². The number of carbonyl (C=O) groups is 2. The van der Waals surface area contributed by atoms with E-state index in [2.05, 4.69) is 19.8 Å². The molecule has 0 spiro atoms. The van der Waals surface area contributed by atoms with Crippen molar-refractivity contribution in [3.05, 3.63) is 84.1 Å². The number of pyridine rings is 1. The topological polar surface area (TPSA) is 138 Å². The van der Waals surface area contributed by atoms with Crippen LogP contribution in [0.2, 0.25) is 0 Å². The number of amides is 1. The molecule has 1 aromatic heterocycles. The number of benzene rings is 2. The first-order valence-corrected chi connectivity index (χ1v) is 12.0. The minimum atomic E-state index is -2.38. The van der Waals surface area contributed by atoms with E-state index < -0.39 is 17.3 Å². The number of hydrogen-bond acceptors (Lipinski definition) is 6. The fourth-order valence-corrected chi connectivity index (χ4v) is 3.76. The van der Waals surface area contributed by atoms with Crippen LogP contribution in [-0.4, -0.2) is 44.0 Å². The van der Waals surface area contributed by atoms with E-state index >= 15 is 0 Å². The second-order valence-corrected chi connectivity index (χ2v) is 8.53. The third kappa shape index (κ3) is 8.93. The SMILES string of the molecule is O=C(O)C[C@@H](CCNC(=O)c1ccc(NCOS(=O)O)nc1)Cc1ccc(-c2ccccc2)cc1. The summed E-state index contributed by atoms with van der Waals surface area (Å²) in [6, 6.07) is 21.2. The van der Waals surface area contributed by atoms with Crippen LogP contribution in [0.4, 0.5) is 5.82 Å². The maximum atomic E-state index is 12.4. The largest absolute Gasteiger partial charge is 0.481 e. The molecule has 9 nitrogen and oxygen atoms in total. The summed E-state index contributed by atoms with van der Waals surface area (Å²) in [7, 11) is 0. The van der Waals surface area contributed by atoms with Crippen LogP contribution < -0.4 is 10.6 Å². The Morgan fingerprint density at radius 2 is 1.71 bits per heavy atom. The van der Waals surface area contributed by atoms with Crippen molar-refractivity contribution in [2.75, 3.05) is 18.6 Å². The first-order chi connectivity index (χ1) is 16.9. The van der Waals surface area contributed by atoms with Crippen molar-refractivity contribution < 1.29 is 27.6 Å². The highest BCUT2D eigenvalue weighted by molar-refractivity contribution is 7.74. The summed E-state index contributed by atoms with van der Waals surface area (Å²) in [5.41, 5.74) is 3.61. The lowest BCUT2D eigenvalue weighted by Gasteiger charge is -2.16. The van der Waals surface area contributed by atoms with Crippen molar-refractivity contribution in [3.63, 3.8) is 0 Å². The number of rotatable bonds is 13. The fraction of sp³-hybridized carbons (Fsp3) is 0.240. The van der Waals surface area contributed by atoms with Crippen molar-refractivity contribution in [2.45, 2.75) is 19.3 Å². The van der Waals surface area contributed by atoms with Gasteiger partial charge in [-0.1, -0.05) is 54.6 Å². The predicted octanol–water partition coefficient (Wildman–Crippen LogP) is 3.72. The summed E-state index contributed by atoms with van der Waals surface area (Å²) < 4.78 is 23.5. The minimum Gasteiger partial charge on any atom is -0.481 e. The summed E-state index contributed by atoms with van der Waals surface area (Å²) in [5, 5.41) is 14.8. The van der Waals surface area contributed by atoms with Crippen molar-refractivity contribution in [3.8, 4) is 11.1 Å². The number of aliphatic carboxylic acids is 1. The van der Waals surface area contributed by atoms with Gasteiger partial charge in [0.25, 0.3) is 5.91 Å². The third-order valence-electron chi connectivity index (χ3n) is 5.33. The molecule has 0 aliphatic rings. The van der Waals surface area contributed by atoms with Gasteiger partial charge in [-0.05, 0) is 47.6 Å². The number of carboxylic acids is 1. The zero-order chi connectivity index (χ0) is 25.0. The van der Waals surface area contributed by atoms with Crippen molar-refractivity contribution >= 4 is 29.1 Å². The van der Waals surface area contributed by atoms with Crippen LogP contribution in [0.1, 0.15) is 28.8 Å². The van der Waals surface area contributed by atoms with E-state index in [1.807, 2.05) is 54.6 Å². The van der Waals surface area contributed by atoms with Gasteiger partial charge in [-0.15, -0.1) is 0 Å². The van der Waals surface area contributed by atoms with Crippen LogP contribution in [0.25, 0.3) is 11.1 Å². The summed E-state index contributed by atoms with van der Waals surface area (Å²) in [5.74, 6) is -0.939. The molecular formula is C25H27N3O6S. The van der Waals surface area contributed by atoms with Crippen LogP contribution in [0, 0.1) is 5.92 Å². The summed E-state index contributed by atoms with van der Waals surface area (Å²) >= 11 is -2.38. The molecule has 0 radical (unpaired) electrons. The van der Waals surface area contributed by atoms with Crippen LogP contribution in [-0.2, 0) is 26.8 Å². The Balaban J connectivity index is 1.50. The molecule has 1 amide bonds. The Bertz CT molecular complexity index is 1120. The maximum absolute atomic E-state index is 12.4. The quantitative estimate of drug-likeness (QED) is 0.207.